The molecule has 0 unspecified atom stereocenters. The van der Waals surface area contributed by atoms with E-state index >= 15 is 0 Å². The molecule has 0 fully saturated rings. The van der Waals surface area contributed by atoms with Gasteiger partial charge in [-0.05, 0) is 18.6 Å². The van der Waals surface area contributed by atoms with E-state index in [9.17, 15) is 4.79 Å². The fraction of sp³-hybridized carbons (Fsp3) is 0.316. The Balaban J connectivity index is 1.48. The summed E-state index contributed by atoms with van der Waals surface area (Å²) >= 11 is 2.90. The molecule has 3 aromatic heterocycles. The highest BCUT2D eigenvalue weighted by Gasteiger charge is 2.11. The van der Waals surface area contributed by atoms with E-state index in [1.54, 1.807) is 7.11 Å². The molecule has 10 heteroatoms. The maximum atomic E-state index is 12.4. The normalized spacial score (nSPS) is 11.2. The van der Waals surface area contributed by atoms with E-state index in [0.717, 1.165) is 35.6 Å². The number of unbranched alkanes of at least 4 members (excludes halogenated alkanes) is 1. The van der Waals surface area contributed by atoms with Crippen LogP contribution in [-0.2, 0) is 12.2 Å². The van der Waals surface area contributed by atoms with Gasteiger partial charge in [0.1, 0.15) is 10.8 Å². The first-order valence-electron chi connectivity index (χ1n) is 9.24. The van der Waals surface area contributed by atoms with Crippen LogP contribution in [0, 0.1) is 0 Å². The summed E-state index contributed by atoms with van der Waals surface area (Å²) in [6.07, 6.45) is 3.02. The van der Waals surface area contributed by atoms with Crippen LogP contribution in [0.15, 0.2) is 40.3 Å². The van der Waals surface area contributed by atoms with Crippen LogP contribution >= 0.6 is 23.1 Å². The molecule has 8 nitrogen and oxygen atoms in total. The van der Waals surface area contributed by atoms with Gasteiger partial charge in [-0.25, -0.2) is 9.97 Å². The molecule has 1 aromatic carbocycles. The average molecular weight is 429 g/mol. The molecule has 0 aliphatic carbocycles. The minimum atomic E-state index is -0.156. The molecule has 0 radical (unpaired) electrons. The lowest BCUT2D eigenvalue weighted by Gasteiger charge is -2.00. The van der Waals surface area contributed by atoms with E-state index in [2.05, 4.69) is 32.2 Å². The first-order chi connectivity index (χ1) is 14.2. The third kappa shape index (κ3) is 4.48. The molecule has 3 heterocycles. The van der Waals surface area contributed by atoms with Gasteiger partial charge in [0.2, 0.25) is 10.1 Å². The quantitative estimate of drug-likeness (QED) is 0.428. The van der Waals surface area contributed by atoms with Gasteiger partial charge in [-0.15, -0.1) is 5.10 Å². The number of benzene rings is 1. The fourth-order valence-electron chi connectivity index (χ4n) is 2.75. The van der Waals surface area contributed by atoms with Gasteiger partial charge in [0.15, 0.2) is 5.82 Å². The monoisotopic (exact) mass is 428 g/mol. The fourth-order valence-corrected chi connectivity index (χ4v) is 4.40. The van der Waals surface area contributed by atoms with Gasteiger partial charge in [-0.1, -0.05) is 48.6 Å². The van der Waals surface area contributed by atoms with Crippen LogP contribution in [0.5, 0.6) is 5.75 Å². The van der Waals surface area contributed by atoms with Crippen molar-refractivity contribution < 1.29 is 4.74 Å². The molecule has 0 amide bonds. The Morgan fingerprint density at radius 3 is 3.00 bits per heavy atom. The lowest BCUT2D eigenvalue weighted by molar-refractivity contribution is 0.415. The van der Waals surface area contributed by atoms with Crippen molar-refractivity contribution in [2.24, 2.45) is 0 Å². The number of aryl methyl sites for hydroxylation is 1. The lowest BCUT2D eigenvalue weighted by Crippen LogP contribution is -2.15. The van der Waals surface area contributed by atoms with Crippen LogP contribution < -0.4 is 10.3 Å². The molecule has 4 rings (SSSR count). The van der Waals surface area contributed by atoms with E-state index in [0.29, 0.717) is 27.4 Å². The van der Waals surface area contributed by atoms with Gasteiger partial charge >= 0.3 is 0 Å². The smallest absolute Gasteiger partial charge is 0.275 e. The molecule has 29 heavy (non-hydrogen) atoms. The van der Waals surface area contributed by atoms with E-state index in [1.807, 2.05) is 24.3 Å². The topological polar surface area (TPSA) is 98.1 Å². The summed E-state index contributed by atoms with van der Waals surface area (Å²) in [5.74, 6) is 1.93. The molecule has 0 aliphatic rings. The highest BCUT2D eigenvalue weighted by atomic mass is 32.2. The Bertz CT molecular complexity index is 1180. The van der Waals surface area contributed by atoms with Crippen molar-refractivity contribution >= 4 is 28.1 Å². The summed E-state index contributed by atoms with van der Waals surface area (Å²) in [7, 11) is 1.63. The largest absolute Gasteiger partial charge is 0.497 e. The number of nitrogens with one attached hydrogen (secondary N) is 1. The molecule has 150 valence electrons. The summed E-state index contributed by atoms with van der Waals surface area (Å²) in [4.78, 5) is 22.1. The first kappa shape index (κ1) is 19.6. The number of thioether (sulfide) groups is 1. The molecule has 0 atom stereocenters. The molecule has 4 aromatic rings. The second kappa shape index (κ2) is 8.75. The van der Waals surface area contributed by atoms with Crippen LogP contribution in [0.25, 0.3) is 16.3 Å². The summed E-state index contributed by atoms with van der Waals surface area (Å²) in [6, 6.07) is 9.14. The summed E-state index contributed by atoms with van der Waals surface area (Å²) in [6.45, 7) is 2.13. The molecular weight excluding hydrogens is 408 g/mol. The molecular formula is C19H20N6O2S2. The number of aromatic nitrogens is 6. The van der Waals surface area contributed by atoms with Crippen molar-refractivity contribution in [3.8, 4) is 17.1 Å². The highest BCUT2D eigenvalue weighted by Crippen LogP contribution is 2.24. The van der Waals surface area contributed by atoms with Crippen LogP contribution in [0.2, 0.25) is 0 Å². The number of nitrogens with zero attached hydrogens (tertiary/aromatic N) is 5. The second-order valence-corrected chi connectivity index (χ2v) is 8.35. The molecule has 0 bridgehead atoms. The number of rotatable bonds is 8. The van der Waals surface area contributed by atoms with E-state index in [1.165, 1.54) is 33.7 Å². The minimum Gasteiger partial charge on any atom is -0.497 e. The molecule has 0 saturated heterocycles. The van der Waals surface area contributed by atoms with Crippen molar-refractivity contribution in [1.29, 1.82) is 0 Å². The lowest BCUT2D eigenvalue weighted by atomic mass is 10.2. The Morgan fingerprint density at radius 2 is 2.17 bits per heavy atom. The maximum Gasteiger partial charge on any atom is 0.275 e. The van der Waals surface area contributed by atoms with Crippen LogP contribution in [-0.4, -0.2) is 36.9 Å². The van der Waals surface area contributed by atoms with Gasteiger partial charge in [0, 0.05) is 23.8 Å². The summed E-state index contributed by atoms with van der Waals surface area (Å²) in [5, 5.41) is 13.1. The van der Waals surface area contributed by atoms with E-state index in [4.69, 9.17) is 4.74 Å². The number of hydrogen-bond donors (Lipinski definition) is 1. The van der Waals surface area contributed by atoms with Crippen LogP contribution in [0.1, 0.15) is 30.5 Å². The third-order valence-corrected chi connectivity index (χ3v) is 6.09. The van der Waals surface area contributed by atoms with E-state index in [-0.39, 0.29) is 5.56 Å². The Morgan fingerprint density at radius 1 is 1.28 bits per heavy atom. The Labute approximate surface area is 175 Å². The van der Waals surface area contributed by atoms with Crippen LogP contribution in [0.4, 0.5) is 0 Å². The molecule has 0 spiro atoms. The predicted octanol–water partition coefficient (Wildman–Crippen LogP) is 3.58. The van der Waals surface area contributed by atoms with Crippen molar-refractivity contribution in [3.05, 3.63) is 51.4 Å². The number of ether oxygens (including phenoxy) is 1. The SMILES string of the molecule is CCCCc1nn2c(=O)cc(CSc3n[nH]c(-c4cccc(OC)c4)n3)nc2s1. The number of H-pyrrole nitrogens is 1. The number of methoxy groups -OCH3 is 1. The highest BCUT2D eigenvalue weighted by molar-refractivity contribution is 7.98. The first-order valence-corrected chi connectivity index (χ1v) is 11.0. The summed E-state index contributed by atoms with van der Waals surface area (Å²) in [5.41, 5.74) is 1.43. The van der Waals surface area contributed by atoms with Crippen molar-refractivity contribution in [1.82, 2.24) is 29.8 Å². The second-order valence-electron chi connectivity index (χ2n) is 6.37. The van der Waals surface area contributed by atoms with Crippen molar-refractivity contribution in [2.75, 3.05) is 7.11 Å². The van der Waals surface area contributed by atoms with Gasteiger partial charge in [0.25, 0.3) is 5.56 Å². The zero-order valence-corrected chi connectivity index (χ0v) is 17.7. The predicted molar refractivity (Wildman–Crippen MR) is 114 cm³/mol. The summed E-state index contributed by atoms with van der Waals surface area (Å²) < 4.78 is 6.63. The maximum absolute atomic E-state index is 12.4. The van der Waals surface area contributed by atoms with Gasteiger partial charge in [-0.2, -0.15) is 9.61 Å². The third-order valence-electron chi connectivity index (χ3n) is 4.24. The minimum absolute atomic E-state index is 0.156. The van der Waals surface area contributed by atoms with Gasteiger partial charge < -0.3 is 4.74 Å². The molecule has 1 N–H and O–H groups in total. The van der Waals surface area contributed by atoms with Gasteiger partial charge in [-0.3, -0.25) is 9.89 Å². The van der Waals surface area contributed by atoms with Gasteiger partial charge in [0.05, 0.1) is 12.8 Å². The number of hydrogen-bond acceptors (Lipinski definition) is 8. The Kier molecular flexibility index (Phi) is 5.91. The zero-order valence-electron chi connectivity index (χ0n) is 16.1. The van der Waals surface area contributed by atoms with Crippen LogP contribution in [0.3, 0.4) is 0 Å². The van der Waals surface area contributed by atoms with Crippen molar-refractivity contribution in [2.45, 2.75) is 37.1 Å². The Hall–Kier alpha value is -2.72. The number of fused-ring (bicyclic) bond motifs is 1. The zero-order chi connectivity index (χ0) is 20.2. The average Bonchev–Trinajstić information content (AvgIpc) is 3.38. The molecule has 0 aliphatic heterocycles. The van der Waals surface area contributed by atoms with E-state index < -0.39 is 0 Å². The number of aromatic amines is 1. The standard InChI is InChI=1S/C19H20N6O2S2/c1-3-4-8-15-24-25-16(26)10-13(20-19(25)29-15)11-28-18-21-17(22-23-18)12-6-5-7-14(9-12)27-2/h5-7,9-10H,3-4,8,11H2,1-2H3,(H,21,22,23). The molecule has 0 saturated carbocycles. The van der Waals surface area contributed by atoms with Crippen molar-refractivity contribution in [3.63, 3.8) is 0 Å².